The monoisotopic (exact) mass is 267 g/mol. The van der Waals surface area contributed by atoms with Crippen molar-refractivity contribution in [1.29, 1.82) is 0 Å². The van der Waals surface area contributed by atoms with Gasteiger partial charge in [0.1, 0.15) is 0 Å². The Bertz CT molecular complexity index is 537. The zero-order valence-electron chi connectivity index (χ0n) is 9.81. The van der Waals surface area contributed by atoms with Gasteiger partial charge in [-0.25, -0.2) is 0 Å². The lowest BCUT2D eigenvalue weighted by atomic mass is 10.1. The minimum absolute atomic E-state index is 0.0376. The van der Waals surface area contributed by atoms with Crippen molar-refractivity contribution in [3.05, 3.63) is 35.2 Å². The maximum atomic E-state index is 12.3. The number of carbonyl (C=O) groups is 1. The molecule has 0 aliphatic heterocycles. The van der Waals surface area contributed by atoms with Gasteiger partial charge in [0.25, 0.3) is 5.91 Å². The van der Waals surface area contributed by atoms with Crippen LogP contribution in [-0.4, -0.2) is 29.8 Å². The maximum Gasteiger partial charge on any atom is 0.255 e. The van der Waals surface area contributed by atoms with Crippen LogP contribution in [0.5, 0.6) is 0 Å². The molecule has 0 radical (unpaired) electrons. The van der Waals surface area contributed by atoms with Gasteiger partial charge in [-0.3, -0.25) is 4.79 Å². The van der Waals surface area contributed by atoms with Crippen molar-refractivity contribution in [3.63, 3.8) is 0 Å². The molecule has 1 heterocycles. The highest BCUT2D eigenvalue weighted by atomic mass is 35.5. The smallest absolute Gasteiger partial charge is 0.255 e. The van der Waals surface area contributed by atoms with Crippen LogP contribution in [0.25, 0.3) is 10.1 Å². The molecular formula is C13H14ClNOS. The lowest BCUT2D eigenvalue weighted by Gasteiger charge is -2.22. The molecule has 0 fully saturated rings. The lowest BCUT2D eigenvalue weighted by Crippen LogP contribution is -2.36. The van der Waals surface area contributed by atoms with Gasteiger partial charge in [-0.1, -0.05) is 18.2 Å². The number of halogens is 1. The molecule has 0 saturated carbocycles. The van der Waals surface area contributed by atoms with Gasteiger partial charge in [0.2, 0.25) is 0 Å². The molecule has 1 aromatic heterocycles. The minimum atomic E-state index is 0.0376. The first-order valence-corrected chi connectivity index (χ1v) is 6.86. The Morgan fingerprint density at radius 3 is 2.88 bits per heavy atom. The number of benzene rings is 1. The van der Waals surface area contributed by atoms with Gasteiger partial charge in [-0.05, 0) is 13.0 Å². The quantitative estimate of drug-likeness (QED) is 0.778. The summed E-state index contributed by atoms with van der Waals surface area (Å²) in [6.45, 7) is 1.94. The van der Waals surface area contributed by atoms with E-state index < -0.39 is 0 Å². The highest BCUT2D eigenvalue weighted by Gasteiger charge is 2.19. The summed E-state index contributed by atoms with van der Waals surface area (Å²) in [6, 6.07) is 8.00. The molecule has 0 saturated heterocycles. The van der Waals surface area contributed by atoms with E-state index in [0.29, 0.717) is 5.88 Å². The zero-order chi connectivity index (χ0) is 12.4. The Balaban J connectivity index is 2.37. The van der Waals surface area contributed by atoms with Crippen LogP contribution < -0.4 is 0 Å². The van der Waals surface area contributed by atoms with Gasteiger partial charge in [0.05, 0.1) is 5.56 Å². The standard InChI is InChI=1S/C13H14ClNOS/c1-9(7-14)15(2)13(16)11-8-17-12-6-4-3-5-10(11)12/h3-6,8-9H,7H2,1-2H3. The number of rotatable bonds is 3. The van der Waals surface area contributed by atoms with E-state index in [0.717, 1.165) is 15.6 Å². The van der Waals surface area contributed by atoms with Gasteiger partial charge < -0.3 is 4.90 Å². The predicted octanol–water partition coefficient (Wildman–Crippen LogP) is 3.60. The SMILES string of the molecule is CC(CCl)N(C)C(=O)c1csc2ccccc12. The molecule has 17 heavy (non-hydrogen) atoms. The number of hydrogen-bond acceptors (Lipinski definition) is 2. The number of amides is 1. The van der Waals surface area contributed by atoms with Gasteiger partial charge >= 0.3 is 0 Å². The second kappa shape index (κ2) is 5.07. The molecule has 0 aliphatic rings. The summed E-state index contributed by atoms with van der Waals surface area (Å²) in [6.07, 6.45) is 0. The predicted molar refractivity (Wildman–Crippen MR) is 74.1 cm³/mol. The molecule has 0 N–H and O–H groups in total. The topological polar surface area (TPSA) is 20.3 Å². The molecule has 0 aliphatic carbocycles. The Hall–Kier alpha value is -1.06. The fourth-order valence-corrected chi connectivity index (χ4v) is 2.78. The van der Waals surface area contributed by atoms with Crippen LogP contribution in [0.2, 0.25) is 0 Å². The van der Waals surface area contributed by atoms with Crippen LogP contribution in [0, 0.1) is 0 Å². The Morgan fingerprint density at radius 1 is 1.47 bits per heavy atom. The number of fused-ring (bicyclic) bond motifs is 1. The summed E-state index contributed by atoms with van der Waals surface area (Å²) in [5, 5.41) is 2.95. The minimum Gasteiger partial charge on any atom is -0.338 e. The third-order valence-corrected chi connectivity index (χ3v) is 4.33. The van der Waals surface area contributed by atoms with E-state index in [1.165, 1.54) is 0 Å². The number of nitrogens with zero attached hydrogens (tertiary/aromatic N) is 1. The van der Waals surface area contributed by atoms with Crippen LogP contribution >= 0.6 is 22.9 Å². The van der Waals surface area contributed by atoms with Crippen molar-refractivity contribution in [2.75, 3.05) is 12.9 Å². The van der Waals surface area contributed by atoms with E-state index in [-0.39, 0.29) is 11.9 Å². The van der Waals surface area contributed by atoms with Gasteiger partial charge in [-0.2, -0.15) is 0 Å². The van der Waals surface area contributed by atoms with Crippen LogP contribution in [0.1, 0.15) is 17.3 Å². The Morgan fingerprint density at radius 2 is 2.18 bits per heavy atom. The summed E-state index contributed by atoms with van der Waals surface area (Å²) >= 11 is 7.38. The van der Waals surface area contributed by atoms with Gasteiger partial charge in [0.15, 0.2) is 0 Å². The van der Waals surface area contributed by atoms with Crippen LogP contribution in [0.15, 0.2) is 29.6 Å². The molecule has 1 amide bonds. The maximum absolute atomic E-state index is 12.3. The molecule has 2 rings (SSSR count). The first kappa shape index (κ1) is 12.4. The largest absolute Gasteiger partial charge is 0.338 e. The van der Waals surface area contributed by atoms with E-state index in [9.17, 15) is 4.79 Å². The molecule has 4 heteroatoms. The van der Waals surface area contributed by atoms with Gasteiger partial charge in [-0.15, -0.1) is 22.9 Å². The molecule has 1 unspecified atom stereocenters. The highest BCUT2D eigenvalue weighted by Crippen LogP contribution is 2.26. The number of alkyl halides is 1. The molecule has 1 aromatic carbocycles. The summed E-state index contributed by atoms with van der Waals surface area (Å²) < 4.78 is 1.14. The molecule has 90 valence electrons. The average molecular weight is 268 g/mol. The second-order valence-electron chi connectivity index (χ2n) is 4.06. The molecule has 0 spiro atoms. The summed E-state index contributed by atoms with van der Waals surface area (Å²) in [7, 11) is 1.79. The summed E-state index contributed by atoms with van der Waals surface area (Å²) in [4.78, 5) is 14.0. The molecule has 0 bridgehead atoms. The van der Waals surface area contributed by atoms with Crippen molar-refractivity contribution < 1.29 is 4.79 Å². The van der Waals surface area contributed by atoms with Crippen LogP contribution in [-0.2, 0) is 0 Å². The third kappa shape index (κ3) is 2.31. The Labute approximate surface area is 110 Å². The lowest BCUT2D eigenvalue weighted by molar-refractivity contribution is 0.0759. The molecule has 2 aromatic rings. The number of hydrogen-bond donors (Lipinski definition) is 0. The average Bonchev–Trinajstić information content (AvgIpc) is 2.79. The van der Waals surface area contributed by atoms with Crippen molar-refractivity contribution in [2.24, 2.45) is 0 Å². The zero-order valence-corrected chi connectivity index (χ0v) is 11.4. The van der Waals surface area contributed by atoms with Crippen molar-refractivity contribution in [1.82, 2.24) is 4.90 Å². The summed E-state index contributed by atoms with van der Waals surface area (Å²) in [5.74, 6) is 0.486. The fraction of sp³-hybridized carbons (Fsp3) is 0.308. The third-order valence-electron chi connectivity index (χ3n) is 2.92. The second-order valence-corrected chi connectivity index (χ2v) is 5.28. The first-order chi connectivity index (χ1) is 8.15. The normalized spacial score (nSPS) is 12.6. The Kier molecular flexibility index (Phi) is 3.69. The van der Waals surface area contributed by atoms with E-state index in [4.69, 9.17) is 11.6 Å². The van der Waals surface area contributed by atoms with Crippen molar-refractivity contribution >= 4 is 38.9 Å². The fourth-order valence-electron chi connectivity index (χ4n) is 1.64. The van der Waals surface area contributed by atoms with Crippen molar-refractivity contribution in [3.8, 4) is 0 Å². The van der Waals surface area contributed by atoms with E-state index in [2.05, 4.69) is 0 Å². The van der Waals surface area contributed by atoms with Gasteiger partial charge in [0, 0.05) is 34.4 Å². The number of carbonyl (C=O) groups excluding carboxylic acids is 1. The summed E-state index contributed by atoms with van der Waals surface area (Å²) in [5.41, 5.74) is 0.769. The molecule has 1 atom stereocenters. The van der Waals surface area contributed by atoms with Crippen LogP contribution in [0.3, 0.4) is 0 Å². The number of thiophene rings is 1. The van der Waals surface area contributed by atoms with Crippen molar-refractivity contribution in [2.45, 2.75) is 13.0 Å². The van der Waals surface area contributed by atoms with E-state index in [1.54, 1.807) is 23.3 Å². The molecule has 2 nitrogen and oxygen atoms in total. The van der Waals surface area contributed by atoms with E-state index in [1.807, 2.05) is 36.6 Å². The van der Waals surface area contributed by atoms with Crippen LogP contribution in [0.4, 0.5) is 0 Å². The molecular weight excluding hydrogens is 254 g/mol. The highest BCUT2D eigenvalue weighted by molar-refractivity contribution is 7.17. The first-order valence-electron chi connectivity index (χ1n) is 5.44. The van der Waals surface area contributed by atoms with E-state index >= 15 is 0 Å².